The van der Waals surface area contributed by atoms with Crippen molar-refractivity contribution in [2.45, 2.75) is 45.4 Å². The van der Waals surface area contributed by atoms with Crippen molar-refractivity contribution < 1.29 is 14.6 Å². The van der Waals surface area contributed by atoms with Gasteiger partial charge in [-0.1, -0.05) is 13.5 Å². The number of hydrogen-bond acceptors (Lipinski definition) is 4. The van der Waals surface area contributed by atoms with Crippen molar-refractivity contribution in [2.75, 3.05) is 0 Å². The first-order valence-corrected chi connectivity index (χ1v) is 4.54. The number of carbonyl (C=O) groups is 1. The highest BCUT2D eigenvalue weighted by Gasteiger charge is 2.43. The zero-order valence-electron chi connectivity index (χ0n) is 9.66. The van der Waals surface area contributed by atoms with E-state index in [4.69, 9.17) is 10.5 Å². The number of carbonyl (C=O) groups excluding carboxylic acids is 1. The molecule has 0 aliphatic heterocycles. The van der Waals surface area contributed by atoms with E-state index in [9.17, 15) is 9.90 Å². The van der Waals surface area contributed by atoms with Crippen LogP contribution in [0.2, 0.25) is 0 Å². The van der Waals surface area contributed by atoms with Crippen LogP contribution in [0, 0.1) is 0 Å². The quantitative estimate of drug-likeness (QED) is 0.466. The SMILES string of the molecule is Br.C=C(C)C(=O)OC(O)(CC)C(C)(C)N. The van der Waals surface area contributed by atoms with Crippen molar-refractivity contribution in [1.82, 2.24) is 0 Å². The second-order valence-electron chi connectivity index (χ2n) is 4.03. The Hall–Kier alpha value is -0.390. The third-order valence-corrected chi connectivity index (χ3v) is 2.10. The molecular formula is C10H20BrNO3. The second-order valence-corrected chi connectivity index (χ2v) is 4.03. The number of rotatable bonds is 4. The lowest BCUT2D eigenvalue weighted by Crippen LogP contribution is -2.58. The first-order valence-electron chi connectivity index (χ1n) is 4.54. The van der Waals surface area contributed by atoms with Crippen LogP contribution in [0.4, 0.5) is 0 Å². The summed E-state index contributed by atoms with van der Waals surface area (Å²) in [6.07, 6.45) is 0.232. The minimum Gasteiger partial charge on any atom is -0.428 e. The first-order chi connectivity index (χ1) is 6.14. The van der Waals surface area contributed by atoms with Crippen molar-refractivity contribution in [3.8, 4) is 0 Å². The molecule has 4 nitrogen and oxygen atoms in total. The topological polar surface area (TPSA) is 72.5 Å². The van der Waals surface area contributed by atoms with Crippen molar-refractivity contribution in [3.63, 3.8) is 0 Å². The number of hydrogen-bond donors (Lipinski definition) is 2. The van der Waals surface area contributed by atoms with E-state index in [1.807, 2.05) is 0 Å². The van der Waals surface area contributed by atoms with Crippen molar-refractivity contribution in [3.05, 3.63) is 12.2 Å². The third-order valence-electron chi connectivity index (χ3n) is 2.10. The number of halogens is 1. The summed E-state index contributed by atoms with van der Waals surface area (Å²) >= 11 is 0. The van der Waals surface area contributed by atoms with Gasteiger partial charge in [0.1, 0.15) is 0 Å². The van der Waals surface area contributed by atoms with Gasteiger partial charge in [-0.3, -0.25) is 0 Å². The third kappa shape index (κ3) is 4.32. The van der Waals surface area contributed by atoms with Crippen LogP contribution in [0.15, 0.2) is 12.2 Å². The van der Waals surface area contributed by atoms with E-state index in [1.54, 1.807) is 20.8 Å². The van der Waals surface area contributed by atoms with Crippen LogP contribution >= 0.6 is 17.0 Å². The van der Waals surface area contributed by atoms with Crippen molar-refractivity contribution in [2.24, 2.45) is 5.73 Å². The monoisotopic (exact) mass is 281 g/mol. The molecule has 0 aromatic heterocycles. The smallest absolute Gasteiger partial charge is 0.335 e. The highest BCUT2D eigenvalue weighted by molar-refractivity contribution is 8.93. The fraction of sp³-hybridized carbons (Fsp3) is 0.700. The molecular weight excluding hydrogens is 262 g/mol. The molecule has 0 heterocycles. The van der Waals surface area contributed by atoms with Crippen LogP contribution in [0.25, 0.3) is 0 Å². The average Bonchev–Trinajstić information content (AvgIpc) is 2.01. The normalized spacial score (nSPS) is 14.8. The molecule has 0 radical (unpaired) electrons. The number of esters is 1. The summed E-state index contributed by atoms with van der Waals surface area (Å²) in [4.78, 5) is 11.2. The number of nitrogens with two attached hydrogens (primary N) is 1. The van der Waals surface area contributed by atoms with Gasteiger partial charge >= 0.3 is 5.97 Å². The molecule has 0 fully saturated rings. The summed E-state index contributed by atoms with van der Waals surface area (Å²) < 4.78 is 4.91. The standard InChI is InChI=1S/C10H19NO3.BrH/c1-6-10(13,9(4,5)11)14-8(12)7(2)3;/h13H,2,6,11H2,1,3-5H3;1H. The molecule has 0 bridgehead atoms. The number of ether oxygens (including phenoxy) is 1. The summed E-state index contributed by atoms with van der Waals surface area (Å²) in [6.45, 7) is 9.84. The molecule has 1 unspecified atom stereocenters. The summed E-state index contributed by atoms with van der Waals surface area (Å²) in [7, 11) is 0. The molecule has 90 valence electrons. The van der Waals surface area contributed by atoms with Gasteiger partial charge in [-0.25, -0.2) is 4.79 Å². The predicted molar refractivity (Wildman–Crippen MR) is 64.7 cm³/mol. The Morgan fingerprint density at radius 2 is 1.93 bits per heavy atom. The largest absolute Gasteiger partial charge is 0.428 e. The van der Waals surface area contributed by atoms with E-state index in [-0.39, 0.29) is 29.0 Å². The van der Waals surface area contributed by atoms with E-state index in [1.165, 1.54) is 6.92 Å². The Kier molecular flexibility index (Phi) is 6.39. The summed E-state index contributed by atoms with van der Waals surface area (Å²) in [5.41, 5.74) is 4.95. The lowest BCUT2D eigenvalue weighted by atomic mass is 9.92. The van der Waals surface area contributed by atoms with E-state index in [2.05, 4.69) is 6.58 Å². The highest BCUT2D eigenvalue weighted by Crippen LogP contribution is 2.25. The second kappa shape index (κ2) is 5.63. The molecule has 0 amide bonds. The van der Waals surface area contributed by atoms with Crippen LogP contribution < -0.4 is 5.73 Å². The predicted octanol–water partition coefficient (Wildman–Crippen LogP) is 1.52. The minimum absolute atomic E-state index is 0. The zero-order valence-corrected chi connectivity index (χ0v) is 11.4. The Morgan fingerprint density at radius 3 is 2.13 bits per heavy atom. The molecule has 0 aliphatic carbocycles. The first kappa shape index (κ1) is 17.0. The molecule has 0 saturated heterocycles. The van der Waals surface area contributed by atoms with Gasteiger partial charge in [0.15, 0.2) is 0 Å². The Bertz CT molecular complexity index is 248. The fourth-order valence-corrected chi connectivity index (χ4v) is 0.900. The van der Waals surface area contributed by atoms with E-state index < -0.39 is 17.3 Å². The molecule has 0 saturated carbocycles. The summed E-state index contributed by atoms with van der Waals surface area (Å²) in [6, 6.07) is 0. The van der Waals surface area contributed by atoms with Crippen molar-refractivity contribution in [1.29, 1.82) is 0 Å². The molecule has 3 N–H and O–H groups in total. The Balaban J connectivity index is 0. The van der Waals surface area contributed by atoms with Gasteiger partial charge in [-0.05, 0) is 20.8 Å². The van der Waals surface area contributed by atoms with Gasteiger partial charge in [-0.2, -0.15) is 0 Å². The number of aliphatic hydroxyl groups is 1. The van der Waals surface area contributed by atoms with Gasteiger partial charge in [0.2, 0.25) is 5.79 Å². The summed E-state index contributed by atoms with van der Waals surface area (Å²) in [5, 5.41) is 9.97. The van der Waals surface area contributed by atoms with Gasteiger partial charge in [0.25, 0.3) is 0 Å². The minimum atomic E-state index is -1.65. The van der Waals surface area contributed by atoms with Crippen molar-refractivity contribution >= 4 is 23.0 Å². The van der Waals surface area contributed by atoms with Gasteiger partial charge in [0.05, 0.1) is 5.54 Å². The fourth-order valence-electron chi connectivity index (χ4n) is 0.900. The van der Waals surface area contributed by atoms with Gasteiger partial charge in [-0.15, -0.1) is 17.0 Å². The van der Waals surface area contributed by atoms with Crippen LogP contribution in [0.1, 0.15) is 34.1 Å². The van der Waals surface area contributed by atoms with Gasteiger partial charge < -0.3 is 15.6 Å². The lowest BCUT2D eigenvalue weighted by Gasteiger charge is -2.38. The molecule has 0 rings (SSSR count). The maximum Gasteiger partial charge on any atom is 0.335 e. The molecule has 0 spiro atoms. The van der Waals surface area contributed by atoms with Crippen LogP contribution in [-0.4, -0.2) is 22.4 Å². The highest BCUT2D eigenvalue weighted by atomic mass is 79.9. The van der Waals surface area contributed by atoms with Crippen LogP contribution in [-0.2, 0) is 9.53 Å². The molecule has 0 aromatic carbocycles. The van der Waals surface area contributed by atoms with E-state index in [0.717, 1.165) is 0 Å². The lowest BCUT2D eigenvalue weighted by molar-refractivity contribution is -0.230. The van der Waals surface area contributed by atoms with Crippen LogP contribution in [0.5, 0.6) is 0 Å². The molecule has 15 heavy (non-hydrogen) atoms. The molecule has 5 heteroatoms. The Morgan fingerprint density at radius 1 is 1.53 bits per heavy atom. The van der Waals surface area contributed by atoms with E-state index >= 15 is 0 Å². The molecule has 1 atom stereocenters. The maximum atomic E-state index is 11.2. The van der Waals surface area contributed by atoms with Gasteiger partial charge in [0, 0.05) is 12.0 Å². The zero-order chi connectivity index (χ0) is 11.6. The molecule has 0 aromatic rings. The van der Waals surface area contributed by atoms with E-state index in [0.29, 0.717) is 0 Å². The van der Waals surface area contributed by atoms with Crippen LogP contribution in [0.3, 0.4) is 0 Å². The average molecular weight is 282 g/mol. The Labute approximate surface area is 101 Å². The summed E-state index contributed by atoms with van der Waals surface area (Å²) in [5.74, 6) is -2.28. The maximum absolute atomic E-state index is 11.2. The molecule has 0 aliphatic rings.